The molecule has 1 saturated carbocycles. The minimum Gasteiger partial charge on any atom is -0.489 e. The molecule has 0 unspecified atom stereocenters. The highest BCUT2D eigenvalue weighted by atomic mass is 16.5. The molecule has 0 spiro atoms. The average molecular weight is 195 g/mol. The number of hydrogen-bond acceptors (Lipinski definition) is 3. The van der Waals surface area contributed by atoms with E-state index < -0.39 is 0 Å². The Morgan fingerprint density at radius 3 is 3.00 bits per heavy atom. The van der Waals surface area contributed by atoms with E-state index >= 15 is 0 Å². The van der Waals surface area contributed by atoms with Gasteiger partial charge in [0.05, 0.1) is 18.4 Å². The lowest BCUT2D eigenvalue weighted by atomic mass is 10.3. The van der Waals surface area contributed by atoms with Crippen molar-refractivity contribution < 1.29 is 4.74 Å². The van der Waals surface area contributed by atoms with Crippen molar-refractivity contribution in [3.8, 4) is 5.75 Å². The van der Waals surface area contributed by atoms with Crippen LogP contribution in [0.2, 0.25) is 0 Å². The summed E-state index contributed by atoms with van der Waals surface area (Å²) in [6.07, 6.45) is 8.89. The molecule has 0 atom stereocenters. The third-order valence-electron chi connectivity index (χ3n) is 2.66. The molecule has 0 radical (unpaired) electrons. The van der Waals surface area contributed by atoms with Gasteiger partial charge in [-0.15, -0.1) is 0 Å². The van der Waals surface area contributed by atoms with Gasteiger partial charge in [0.1, 0.15) is 6.61 Å². The summed E-state index contributed by atoms with van der Waals surface area (Å²) in [7, 11) is 0. The molecule has 78 valence electrons. The van der Waals surface area contributed by atoms with Crippen LogP contribution in [0.3, 0.4) is 0 Å². The van der Waals surface area contributed by atoms with Crippen molar-refractivity contribution in [1.29, 1.82) is 0 Å². The van der Waals surface area contributed by atoms with E-state index in [9.17, 15) is 0 Å². The average Bonchev–Trinajstić information content (AvgIpc) is 2.85. The number of nitrogens with two attached hydrogens (primary N) is 1. The molecule has 4 heteroatoms. The lowest BCUT2D eigenvalue weighted by Crippen LogP contribution is -2.10. The van der Waals surface area contributed by atoms with Gasteiger partial charge >= 0.3 is 0 Å². The van der Waals surface area contributed by atoms with Crippen molar-refractivity contribution in [1.82, 2.24) is 9.78 Å². The second-order valence-electron chi connectivity index (χ2n) is 3.73. The largest absolute Gasteiger partial charge is 0.489 e. The van der Waals surface area contributed by atoms with Crippen LogP contribution in [0.5, 0.6) is 5.75 Å². The van der Waals surface area contributed by atoms with Gasteiger partial charge in [0.25, 0.3) is 0 Å². The van der Waals surface area contributed by atoms with Crippen molar-refractivity contribution in [2.75, 3.05) is 13.2 Å². The minimum atomic E-state index is 0.550. The second-order valence-corrected chi connectivity index (χ2v) is 3.73. The van der Waals surface area contributed by atoms with Crippen LogP contribution in [-0.2, 0) is 0 Å². The van der Waals surface area contributed by atoms with E-state index in [0.29, 0.717) is 19.2 Å². The van der Waals surface area contributed by atoms with Crippen LogP contribution in [0.25, 0.3) is 0 Å². The van der Waals surface area contributed by atoms with E-state index in [-0.39, 0.29) is 0 Å². The fourth-order valence-electron chi connectivity index (χ4n) is 1.94. The maximum absolute atomic E-state index is 5.39. The number of rotatable bonds is 4. The lowest BCUT2D eigenvalue weighted by molar-refractivity contribution is 0.327. The first-order valence-corrected chi connectivity index (χ1v) is 5.27. The molecule has 1 aromatic rings. The fraction of sp³-hybridized carbons (Fsp3) is 0.700. The molecule has 14 heavy (non-hydrogen) atoms. The SMILES string of the molecule is NCCOc1cnn(C2CCCC2)c1. The van der Waals surface area contributed by atoms with Gasteiger partial charge in [-0.3, -0.25) is 4.68 Å². The molecule has 1 aliphatic rings. The first-order valence-electron chi connectivity index (χ1n) is 5.27. The summed E-state index contributed by atoms with van der Waals surface area (Å²) in [6.45, 7) is 1.12. The zero-order valence-corrected chi connectivity index (χ0v) is 8.35. The molecule has 0 amide bonds. The zero-order valence-electron chi connectivity index (χ0n) is 8.35. The Morgan fingerprint density at radius 1 is 1.50 bits per heavy atom. The molecule has 2 N–H and O–H groups in total. The Labute approximate surface area is 84.0 Å². The highest BCUT2D eigenvalue weighted by Crippen LogP contribution is 2.29. The predicted molar refractivity (Wildman–Crippen MR) is 54.3 cm³/mol. The van der Waals surface area contributed by atoms with Crippen LogP contribution in [0.4, 0.5) is 0 Å². The Kier molecular flexibility index (Phi) is 3.03. The van der Waals surface area contributed by atoms with Gasteiger partial charge in [0.2, 0.25) is 0 Å². The van der Waals surface area contributed by atoms with E-state index in [4.69, 9.17) is 10.5 Å². The van der Waals surface area contributed by atoms with Gasteiger partial charge in [-0.25, -0.2) is 0 Å². The summed E-state index contributed by atoms with van der Waals surface area (Å²) in [5.41, 5.74) is 5.35. The van der Waals surface area contributed by atoms with E-state index in [1.54, 1.807) is 6.20 Å². The smallest absolute Gasteiger partial charge is 0.157 e. The Hall–Kier alpha value is -1.03. The Balaban J connectivity index is 1.94. The van der Waals surface area contributed by atoms with E-state index in [2.05, 4.69) is 5.10 Å². The first kappa shape index (κ1) is 9.52. The van der Waals surface area contributed by atoms with Gasteiger partial charge in [-0.1, -0.05) is 12.8 Å². The Bertz CT molecular complexity index is 279. The van der Waals surface area contributed by atoms with Gasteiger partial charge in [-0.2, -0.15) is 5.10 Å². The minimum absolute atomic E-state index is 0.550. The maximum Gasteiger partial charge on any atom is 0.157 e. The molecule has 1 heterocycles. The van der Waals surface area contributed by atoms with Crippen molar-refractivity contribution in [2.45, 2.75) is 31.7 Å². The fourth-order valence-corrected chi connectivity index (χ4v) is 1.94. The number of hydrogen-bond donors (Lipinski definition) is 1. The summed E-state index contributed by atoms with van der Waals surface area (Å²) in [6, 6.07) is 0.588. The summed E-state index contributed by atoms with van der Waals surface area (Å²) in [5.74, 6) is 0.836. The normalized spacial score (nSPS) is 17.5. The molecule has 1 aliphatic carbocycles. The monoisotopic (exact) mass is 195 g/mol. The lowest BCUT2D eigenvalue weighted by Gasteiger charge is -2.08. The number of aromatic nitrogens is 2. The van der Waals surface area contributed by atoms with E-state index in [1.165, 1.54) is 25.7 Å². The molecule has 2 rings (SSSR count). The van der Waals surface area contributed by atoms with Gasteiger partial charge < -0.3 is 10.5 Å². The van der Waals surface area contributed by atoms with Crippen LogP contribution < -0.4 is 10.5 Å². The van der Waals surface area contributed by atoms with Crippen LogP contribution >= 0.6 is 0 Å². The third kappa shape index (κ3) is 2.07. The van der Waals surface area contributed by atoms with E-state index in [1.807, 2.05) is 10.9 Å². The quantitative estimate of drug-likeness (QED) is 0.788. The van der Waals surface area contributed by atoms with Crippen LogP contribution in [0.15, 0.2) is 12.4 Å². The molecular weight excluding hydrogens is 178 g/mol. The van der Waals surface area contributed by atoms with Crippen LogP contribution in [0, 0.1) is 0 Å². The van der Waals surface area contributed by atoms with Crippen molar-refractivity contribution in [2.24, 2.45) is 5.73 Å². The molecule has 0 aliphatic heterocycles. The molecule has 1 aromatic heterocycles. The molecule has 1 fully saturated rings. The molecule has 0 saturated heterocycles. The van der Waals surface area contributed by atoms with Gasteiger partial charge in [-0.05, 0) is 12.8 Å². The van der Waals surface area contributed by atoms with E-state index in [0.717, 1.165) is 5.75 Å². The summed E-state index contributed by atoms with van der Waals surface area (Å²) in [5, 5.41) is 4.30. The number of nitrogens with zero attached hydrogens (tertiary/aromatic N) is 2. The van der Waals surface area contributed by atoms with Crippen molar-refractivity contribution >= 4 is 0 Å². The third-order valence-corrected chi connectivity index (χ3v) is 2.66. The molecule has 0 bridgehead atoms. The zero-order chi connectivity index (χ0) is 9.80. The van der Waals surface area contributed by atoms with Crippen molar-refractivity contribution in [3.63, 3.8) is 0 Å². The molecule has 0 aromatic carbocycles. The summed E-state index contributed by atoms with van der Waals surface area (Å²) < 4.78 is 7.41. The summed E-state index contributed by atoms with van der Waals surface area (Å²) >= 11 is 0. The highest BCUT2D eigenvalue weighted by Gasteiger charge is 2.17. The molecule has 4 nitrogen and oxygen atoms in total. The molecular formula is C10H17N3O. The van der Waals surface area contributed by atoms with Gasteiger partial charge in [0, 0.05) is 6.54 Å². The first-order chi connectivity index (χ1) is 6.90. The maximum atomic E-state index is 5.39. The Morgan fingerprint density at radius 2 is 2.29 bits per heavy atom. The van der Waals surface area contributed by atoms with Crippen LogP contribution in [-0.4, -0.2) is 22.9 Å². The second kappa shape index (κ2) is 4.46. The predicted octanol–water partition coefficient (Wildman–Crippen LogP) is 1.34. The topological polar surface area (TPSA) is 53.1 Å². The van der Waals surface area contributed by atoms with Gasteiger partial charge in [0.15, 0.2) is 5.75 Å². The summed E-state index contributed by atoms with van der Waals surface area (Å²) in [4.78, 5) is 0. The standard InChI is InChI=1S/C10H17N3O/c11-5-6-14-10-7-12-13(8-10)9-3-1-2-4-9/h7-9H,1-6,11H2. The highest BCUT2D eigenvalue weighted by molar-refractivity contribution is 5.12. The number of ether oxygens (including phenoxy) is 1. The van der Waals surface area contributed by atoms with Crippen LogP contribution in [0.1, 0.15) is 31.7 Å². The van der Waals surface area contributed by atoms with Crippen molar-refractivity contribution in [3.05, 3.63) is 12.4 Å².